The van der Waals surface area contributed by atoms with E-state index in [0.29, 0.717) is 28.8 Å². The zero-order chi connectivity index (χ0) is 39.3. The number of aromatic nitrogens is 7. The summed E-state index contributed by atoms with van der Waals surface area (Å²) < 4.78 is 17.7. The predicted molar refractivity (Wildman–Crippen MR) is 231 cm³/mol. The van der Waals surface area contributed by atoms with Crippen molar-refractivity contribution in [1.82, 2.24) is 34.1 Å². The van der Waals surface area contributed by atoms with Gasteiger partial charge >= 0.3 is 0 Å². The van der Waals surface area contributed by atoms with Crippen LogP contribution in [0.5, 0.6) is 23.0 Å². The van der Waals surface area contributed by atoms with Gasteiger partial charge in [-0.25, -0.2) is 24.9 Å². The van der Waals surface area contributed by atoms with Gasteiger partial charge in [-0.05, 0) is 60.7 Å². The topological polar surface area (TPSA) is 99.2 Å². The molecule has 0 bridgehead atoms. The number of fused-ring (bicyclic) bond motifs is 6. The molecular formula is C47H37N9O2. The molecule has 282 valence electrons. The summed E-state index contributed by atoms with van der Waals surface area (Å²) in [6, 6.07) is 42.9. The summed E-state index contributed by atoms with van der Waals surface area (Å²) in [4.78, 5) is 26.7. The fraction of sp³-hybridized carbons (Fsp3) is 0.0851. The third-order valence-corrected chi connectivity index (χ3v) is 10.3. The van der Waals surface area contributed by atoms with Gasteiger partial charge in [-0.2, -0.15) is 0 Å². The number of anilines is 2. The molecule has 10 aromatic rings. The van der Waals surface area contributed by atoms with Crippen molar-refractivity contribution in [3.8, 4) is 46.0 Å². The van der Waals surface area contributed by atoms with Crippen molar-refractivity contribution >= 4 is 55.0 Å². The summed E-state index contributed by atoms with van der Waals surface area (Å²) in [7, 11) is 8.12. The quantitative estimate of drug-likeness (QED) is 0.142. The van der Waals surface area contributed by atoms with Gasteiger partial charge in [-0.15, -0.1) is 0 Å². The first-order chi connectivity index (χ1) is 28.4. The van der Waals surface area contributed by atoms with Crippen LogP contribution in [0, 0.1) is 0 Å². The minimum Gasteiger partial charge on any atom is -0.457 e. The highest BCUT2D eigenvalue weighted by atomic mass is 16.5. The van der Waals surface area contributed by atoms with Gasteiger partial charge < -0.3 is 19.3 Å². The number of hydrogen-bond donors (Lipinski definition) is 0. The Morgan fingerprint density at radius 2 is 0.897 bits per heavy atom. The second-order valence-corrected chi connectivity index (χ2v) is 14.5. The predicted octanol–water partition coefficient (Wildman–Crippen LogP) is 10.2. The molecule has 5 aromatic heterocycles. The van der Waals surface area contributed by atoms with E-state index in [2.05, 4.69) is 119 Å². The molecule has 0 aliphatic rings. The lowest BCUT2D eigenvalue weighted by Crippen LogP contribution is -2.09. The number of hydrogen-bond acceptors (Lipinski definition) is 9. The van der Waals surface area contributed by atoms with Gasteiger partial charge in [0.15, 0.2) is 5.82 Å². The van der Waals surface area contributed by atoms with Crippen LogP contribution in [0.15, 0.2) is 152 Å². The largest absolute Gasteiger partial charge is 0.457 e. The van der Waals surface area contributed by atoms with Crippen molar-refractivity contribution in [2.75, 3.05) is 38.0 Å². The smallest absolute Gasteiger partial charge is 0.162 e. The van der Waals surface area contributed by atoms with Gasteiger partial charge in [0.25, 0.3) is 0 Å². The fourth-order valence-corrected chi connectivity index (χ4v) is 7.62. The monoisotopic (exact) mass is 759 g/mol. The molecule has 0 fully saturated rings. The maximum absolute atomic E-state index is 6.68. The van der Waals surface area contributed by atoms with Crippen LogP contribution in [0.1, 0.15) is 0 Å². The lowest BCUT2D eigenvalue weighted by molar-refractivity contribution is 0.461. The number of nitrogens with zero attached hydrogens (tertiary/aromatic N) is 9. The van der Waals surface area contributed by atoms with Crippen molar-refractivity contribution in [3.63, 3.8) is 0 Å². The molecule has 0 N–H and O–H groups in total. The Bertz CT molecular complexity index is 2960. The second kappa shape index (κ2) is 14.1. The first-order valence-electron chi connectivity index (χ1n) is 18.8. The molecule has 5 aromatic carbocycles. The van der Waals surface area contributed by atoms with E-state index < -0.39 is 0 Å². The van der Waals surface area contributed by atoms with E-state index in [4.69, 9.17) is 19.4 Å². The van der Waals surface area contributed by atoms with Crippen LogP contribution in [0.4, 0.5) is 11.4 Å². The highest BCUT2D eigenvalue weighted by molar-refractivity contribution is 6.10. The Morgan fingerprint density at radius 3 is 1.38 bits per heavy atom. The molecule has 5 heterocycles. The summed E-state index contributed by atoms with van der Waals surface area (Å²) in [5, 5.41) is 4.45. The van der Waals surface area contributed by atoms with Crippen molar-refractivity contribution in [3.05, 3.63) is 152 Å². The van der Waals surface area contributed by atoms with E-state index in [0.717, 1.165) is 72.2 Å². The first-order valence-corrected chi connectivity index (χ1v) is 18.8. The molecule has 58 heavy (non-hydrogen) atoms. The molecular weight excluding hydrogens is 723 g/mol. The van der Waals surface area contributed by atoms with Crippen molar-refractivity contribution in [2.45, 2.75) is 0 Å². The van der Waals surface area contributed by atoms with Gasteiger partial charge in [0.1, 0.15) is 47.3 Å². The Morgan fingerprint density at radius 1 is 0.431 bits per heavy atom. The van der Waals surface area contributed by atoms with Crippen LogP contribution in [0.2, 0.25) is 0 Å². The normalized spacial score (nSPS) is 11.4. The maximum Gasteiger partial charge on any atom is 0.162 e. The minimum absolute atomic E-state index is 0.496. The minimum atomic E-state index is 0.496. The number of benzene rings is 5. The van der Waals surface area contributed by atoms with Gasteiger partial charge in [-0.1, -0.05) is 36.4 Å². The molecule has 0 spiro atoms. The van der Waals surface area contributed by atoms with Crippen molar-refractivity contribution < 1.29 is 9.47 Å². The molecule has 0 saturated carbocycles. The Hall–Kier alpha value is -7.79. The average molecular weight is 760 g/mol. The third-order valence-electron chi connectivity index (χ3n) is 10.3. The van der Waals surface area contributed by atoms with E-state index in [1.807, 2.05) is 83.0 Å². The second-order valence-electron chi connectivity index (χ2n) is 14.5. The molecule has 10 rings (SSSR count). The van der Waals surface area contributed by atoms with E-state index >= 15 is 0 Å². The SMILES string of the molecule is CN(C)c1ccnc(-n2c3ccccc3c3ccc(Oc4cc(Oc5ccc6c7ccccc7n(-c7cc(N(C)C)ccn7)c6c5)cc(-c5ncncn5)c4)cc32)c1. The molecule has 0 saturated heterocycles. The molecule has 0 amide bonds. The third kappa shape index (κ3) is 6.15. The molecule has 0 aliphatic heterocycles. The Kier molecular flexibility index (Phi) is 8.40. The molecule has 0 radical (unpaired) electrons. The highest BCUT2D eigenvalue weighted by Gasteiger charge is 2.18. The summed E-state index contributed by atoms with van der Waals surface area (Å²) in [5.41, 5.74) is 6.90. The number of para-hydroxylation sites is 2. The fourth-order valence-electron chi connectivity index (χ4n) is 7.62. The zero-order valence-electron chi connectivity index (χ0n) is 32.3. The lowest BCUT2D eigenvalue weighted by Gasteiger charge is -2.15. The standard InChI is InChI=1S/C47H37N9O2/c1-53(2)31-17-19-49-45(23-31)55-41-11-7-5-9-37(41)39-15-13-33(26-43(39)55)57-35-21-30(47-51-28-48-29-52-47)22-36(25-35)58-34-14-16-40-38-10-6-8-12-42(38)56(44(40)27-34)46-24-32(54(3)4)18-20-50-46/h5-29H,1-4H3. The number of ether oxygens (including phenoxy) is 2. The van der Waals surface area contributed by atoms with E-state index in [1.165, 1.54) is 12.7 Å². The summed E-state index contributed by atoms with van der Waals surface area (Å²) in [6.45, 7) is 0. The van der Waals surface area contributed by atoms with E-state index in [1.54, 1.807) is 0 Å². The van der Waals surface area contributed by atoms with Gasteiger partial charge in [-0.3, -0.25) is 9.13 Å². The number of rotatable bonds is 9. The molecule has 0 atom stereocenters. The lowest BCUT2D eigenvalue weighted by atomic mass is 10.1. The Labute approximate surface area is 334 Å². The maximum atomic E-state index is 6.68. The van der Waals surface area contributed by atoms with Crippen LogP contribution in [-0.2, 0) is 0 Å². The first kappa shape index (κ1) is 34.7. The summed E-state index contributed by atoms with van der Waals surface area (Å²) >= 11 is 0. The van der Waals surface area contributed by atoms with E-state index in [9.17, 15) is 0 Å². The zero-order valence-corrected chi connectivity index (χ0v) is 32.3. The van der Waals surface area contributed by atoms with Crippen LogP contribution in [0.25, 0.3) is 66.6 Å². The van der Waals surface area contributed by atoms with Crippen LogP contribution >= 0.6 is 0 Å². The molecule has 11 nitrogen and oxygen atoms in total. The van der Waals surface area contributed by atoms with Gasteiger partial charge in [0.05, 0.1) is 22.1 Å². The van der Waals surface area contributed by atoms with Crippen molar-refractivity contribution in [2.24, 2.45) is 0 Å². The highest BCUT2D eigenvalue weighted by Crippen LogP contribution is 2.39. The molecule has 0 unspecified atom stereocenters. The Balaban J connectivity index is 1.07. The van der Waals surface area contributed by atoms with Crippen LogP contribution in [-0.4, -0.2) is 62.2 Å². The average Bonchev–Trinajstić information content (AvgIpc) is 3.76. The molecule has 11 heteroatoms. The van der Waals surface area contributed by atoms with Gasteiger partial charge in [0, 0.05) is 109 Å². The number of pyridine rings is 2. The van der Waals surface area contributed by atoms with Crippen LogP contribution < -0.4 is 19.3 Å². The molecule has 0 aliphatic carbocycles. The van der Waals surface area contributed by atoms with Gasteiger partial charge in [0.2, 0.25) is 0 Å². The van der Waals surface area contributed by atoms with Crippen LogP contribution in [0.3, 0.4) is 0 Å². The summed E-state index contributed by atoms with van der Waals surface area (Å²) in [6.07, 6.45) is 6.65. The van der Waals surface area contributed by atoms with Crippen molar-refractivity contribution in [1.29, 1.82) is 0 Å². The van der Waals surface area contributed by atoms with E-state index in [-0.39, 0.29) is 0 Å². The summed E-state index contributed by atoms with van der Waals surface area (Å²) in [5.74, 6) is 4.55.